The largest absolute Gasteiger partial charge is 0.361 e. The van der Waals surface area contributed by atoms with Gasteiger partial charge >= 0.3 is 0 Å². The van der Waals surface area contributed by atoms with E-state index < -0.39 is 0 Å². The maximum atomic E-state index is 6.13. The zero-order valence-corrected chi connectivity index (χ0v) is 11.9. The number of aromatic nitrogens is 1. The van der Waals surface area contributed by atoms with Crippen LogP contribution in [0.3, 0.4) is 0 Å². The molecule has 1 aliphatic heterocycles. The lowest BCUT2D eigenvalue weighted by atomic mass is 10.1. The van der Waals surface area contributed by atoms with E-state index in [1.807, 2.05) is 30.3 Å². The Kier molecular flexibility index (Phi) is 4.35. The number of hydrogen-bond acceptors (Lipinski definition) is 4. The molecule has 1 aliphatic rings. The molecule has 0 bridgehead atoms. The van der Waals surface area contributed by atoms with Crippen LogP contribution in [0.4, 0.5) is 0 Å². The van der Waals surface area contributed by atoms with Gasteiger partial charge < -0.3 is 9.26 Å². The molecule has 1 aromatic heterocycles. The van der Waals surface area contributed by atoms with Crippen LogP contribution in [-0.4, -0.2) is 17.9 Å². The summed E-state index contributed by atoms with van der Waals surface area (Å²) < 4.78 is 11.0. The van der Waals surface area contributed by atoms with Gasteiger partial charge in [0.05, 0.1) is 6.61 Å². The van der Waals surface area contributed by atoms with Gasteiger partial charge in [0.25, 0.3) is 0 Å². The van der Waals surface area contributed by atoms with Crippen LogP contribution in [0, 0.1) is 0 Å². The third kappa shape index (κ3) is 3.39. The predicted octanol–water partition coefficient (Wildman–Crippen LogP) is 3.14. The standard InChI is InChI=1S/C15H17ClN2O2/c16-14-5-2-1-4-11(14)8-13-9-12(18-20-13)10-19-15-6-3-7-17-15/h1-2,4-5,9,15,17H,3,6-8,10H2/t15-/m0/s1. The number of hydrogen-bond donors (Lipinski definition) is 1. The lowest BCUT2D eigenvalue weighted by molar-refractivity contribution is 0.0281. The van der Waals surface area contributed by atoms with Crippen molar-refractivity contribution in [3.8, 4) is 0 Å². The number of rotatable bonds is 5. The van der Waals surface area contributed by atoms with Gasteiger partial charge in [-0.15, -0.1) is 0 Å². The predicted molar refractivity (Wildman–Crippen MR) is 76.6 cm³/mol. The second-order valence-corrected chi connectivity index (χ2v) is 5.36. The van der Waals surface area contributed by atoms with Gasteiger partial charge in [0, 0.05) is 17.5 Å². The van der Waals surface area contributed by atoms with E-state index in [4.69, 9.17) is 20.9 Å². The summed E-state index contributed by atoms with van der Waals surface area (Å²) in [6.45, 7) is 1.50. The molecule has 1 atom stereocenters. The fraction of sp³-hybridized carbons (Fsp3) is 0.400. The quantitative estimate of drug-likeness (QED) is 0.920. The molecule has 0 spiro atoms. The third-order valence-electron chi connectivity index (χ3n) is 3.38. The molecule has 1 fully saturated rings. The molecule has 0 amide bonds. The van der Waals surface area contributed by atoms with Crippen LogP contribution in [-0.2, 0) is 17.8 Å². The monoisotopic (exact) mass is 292 g/mol. The molecule has 0 saturated carbocycles. The molecule has 106 valence electrons. The van der Waals surface area contributed by atoms with Gasteiger partial charge in [-0.2, -0.15) is 0 Å². The molecular weight excluding hydrogens is 276 g/mol. The van der Waals surface area contributed by atoms with Crippen molar-refractivity contribution in [1.82, 2.24) is 10.5 Å². The molecule has 2 heterocycles. The van der Waals surface area contributed by atoms with E-state index >= 15 is 0 Å². The van der Waals surface area contributed by atoms with Crippen LogP contribution in [0.25, 0.3) is 0 Å². The van der Waals surface area contributed by atoms with Crippen LogP contribution in [0.5, 0.6) is 0 Å². The molecule has 0 radical (unpaired) electrons. The van der Waals surface area contributed by atoms with Gasteiger partial charge in [-0.25, -0.2) is 0 Å². The van der Waals surface area contributed by atoms with Gasteiger partial charge in [0.1, 0.15) is 17.7 Å². The first-order valence-electron chi connectivity index (χ1n) is 6.84. The van der Waals surface area contributed by atoms with Crippen molar-refractivity contribution in [3.63, 3.8) is 0 Å². The Morgan fingerprint density at radius 2 is 2.30 bits per heavy atom. The summed E-state index contributed by atoms with van der Waals surface area (Å²) in [6.07, 6.45) is 3.03. The molecule has 1 N–H and O–H groups in total. The van der Waals surface area contributed by atoms with Crippen molar-refractivity contribution in [3.05, 3.63) is 52.4 Å². The molecule has 5 heteroatoms. The molecule has 0 unspecified atom stereocenters. The Balaban J connectivity index is 1.57. The first-order chi connectivity index (χ1) is 9.81. The SMILES string of the molecule is Clc1ccccc1Cc1cc(CO[C@H]2CCCN2)no1. The summed E-state index contributed by atoms with van der Waals surface area (Å²) in [5.41, 5.74) is 1.86. The van der Waals surface area contributed by atoms with Crippen molar-refractivity contribution >= 4 is 11.6 Å². The Hall–Kier alpha value is -1.36. The zero-order valence-electron chi connectivity index (χ0n) is 11.1. The maximum Gasteiger partial charge on any atom is 0.141 e. The summed E-state index contributed by atoms with van der Waals surface area (Å²) in [5.74, 6) is 0.802. The van der Waals surface area contributed by atoms with E-state index in [1.54, 1.807) is 0 Å². The van der Waals surface area contributed by atoms with Crippen LogP contribution < -0.4 is 5.32 Å². The number of halogens is 1. The summed E-state index contributed by atoms with van der Waals surface area (Å²) in [4.78, 5) is 0. The van der Waals surface area contributed by atoms with Crippen molar-refractivity contribution in [2.24, 2.45) is 0 Å². The second kappa shape index (κ2) is 6.39. The van der Waals surface area contributed by atoms with E-state index in [0.29, 0.717) is 13.0 Å². The highest BCUT2D eigenvalue weighted by atomic mass is 35.5. The second-order valence-electron chi connectivity index (χ2n) is 4.95. The van der Waals surface area contributed by atoms with Gasteiger partial charge in [0.2, 0.25) is 0 Å². The Morgan fingerprint density at radius 3 is 3.10 bits per heavy atom. The van der Waals surface area contributed by atoms with Crippen LogP contribution >= 0.6 is 11.6 Å². The minimum Gasteiger partial charge on any atom is -0.361 e. The highest BCUT2D eigenvalue weighted by Crippen LogP contribution is 2.19. The average Bonchev–Trinajstić information content (AvgIpc) is 3.10. The Morgan fingerprint density at radius 1 is 1.40 bits per heavy atom. The van der Waals surface area contributed by atoms with Crippen molar-refractivity contribution in [2.45, 2.75) is 32.1 Å². The van der Waals surface area contributed by atoms with Gasteiger partial charge in [-0.3, -0.25) is 5.32 Å². The first kappa shape index (κ1) is 13.6. The normalized spacial score (nSPS) is 18.6. The van der Waals surface area contributed by atoms with Crippen LogP contribution in [0.15, 0.2) is 34.9 Å². The molecule has 0 aliphatic carbocycles. The van der Waals surface area contributed by atoms with Crippen molar-refractivity contribution < 1.29 is 9.26 Å². The van der Waals surface area contributed by atoms with Gasteiger partial charge in [-0.05, 0) is 31.0 Å². The van der Waals surface area contributed by atoms with Crippen LogP contribution in [0.2, 0.25) is 5.02 Å². The number of nitrogens with one attached hydrogen (secondary N) is 1. The fourth-order valence-electron chi connectivity index (χ4n) is 2.32. The fourth-order valence-corrected chi connectivity index (χ4v) is 2.52. The summed E-state index contributed by atoms with van der Waals surface area (Å²) in [6, 6.07) is 9.68. The Labute approximate surface area is 123 Å². The number of benzene rings is 1. The number of ether oxygens (including phenoxy) is 1. The number of nitrogens with zero attached hydrogens (tertiary/aromatic N) is 1. The molecular formula is C15H17ClN2O2. The van der Waals surface area contributed by atoms with E-state index in [2.05, 4.69) is 10.5 Å². The van der Waals surface area contributed by atoms with Crippen molar-refractivity contribution in [2.75, 3.05) is 6.54 Å². The summed E-state index contributed by atoms with van der Waals surface area (Å²) >= 11 is 6.13. The van der Waals surface area contributed by atoms with Crippen LogP contribution in [0.1, 0.15) is 29.9 Å². The topological polar surface area (TPSA) is 47.3 Å². The smallest absolute Gasteiger partial charge is 0.141 e. The van der Waals surface area contributed by atoms with Gasteiger partial charge in [-0.1, -0.05) is 35.0 Å². The maximum absolute atomic E-state index is 6.13. The molecule has 3 rings (SSSR count). The van der Waals surface area contributed by atoms with Crippen molar-refractivity contribution in [1.29, 1.82) is 0 Å². The van der Waals surface area contributed by atoms with E-state index in [9.17, 15) is 0 Å². The lowest BCUT2D eigenvalue weighted by Gasteiger charge is -2.09. The highest BCUT2D eigenvalue weighted by Gasteiger charge is 2.15. The third-order valence-corrected chi connectivity index (χ3v) is 3.75. The van der Waals surface area contributed by atoms with Gasteiger partial charge in [0.15, 0.2) is 0 Å². The first-order valence-corrected chi connectivity index (χ1v) is 7.22. The molecule has 4 nitrogen and oxygen atoms in total. The molecule has 20 heavy (non-hydrogen) atoms. The minimum absolute atomic E-state index is 0.152. The average molecular weight is 293 g/mol. The zero-order chi connectivity index (χ0) is 13.8. The summed E-state index contributed by atoms with van der Waals surface area (Å²) in [5, 5.41) is 8.06. The Bertz CT molecular complexity index is 565. The molecule has 2 aromatic rings. The van der Waals surface area contributed by atoms with E-state index in [-0.39, 0.29) is 6.23 Å². The minimum atomic E-state index is 0.152. The molecule has 1 saturated heterocycles. The molecule has 1 aromatic carbocycles. The highest BCUT2D eigenvalue weighted by molar-refractivity contribution is 6.31. The van der Waals surface area contributed by atoms with E-state index in [0.717, 1.165) is 35.0 Å². The summed E-state index contributed by atoms with van der Waals surface area (Å²) in [7, 11) is 0. The lowest BCUT2D eigenvalue weighted by Crippen LogP contribution is -2.24. The van der Waals surface area contributed by atoms with E-state index in [1.165, 1.54) is 6.42 Å².